The van der Waals surface area contributed by atoms with Crippen LogP contribution in [0.4, 0.5) is 0 Å². The Labute approximate surface area is 177 Å². The Bertz CT molecular complexity index is 1020. The fourth-order valence-corrected chi connectivity index (χ4v) is 5.02. The van der Waals surface area contributed by atoms with Gasteiger partial charge >= 0.3 is 0 Å². The van der Waals surface area contributed by atoms with Crippen LogP contribution < -0.4 is 0 Å². The number of aromatic nitrogens is 1. The molecule has 2 saturated heterocycles. The van der Waals surface area contributed by atoms with Crippen LogP contribution >= 0.6 is 0 Å². The van der Waals surface area contributed by atoms with Gasteiger partial charge in [0.25, 0.3) is 5.91 Å². The summed E-state index contributed by atoms with van der Waals surface area (Å²) in [5.41, 5.74) is 3.00. The summed E-state index contributed by atoms with van der Waals surface area (Å²) in [4.78, 5) is 18.4. The number of amides is 1. The van der Waals surface area contributed by atoms with Crippen molar-refractivity contribution in [3.63, 3.8) is 0 Å². The monoisotopic (exact) mass is 403 g/mol. The lowest BCUT2D eigenvalue weighted by Crippen LogP contribution is -2.51. The SMILES string of the molecule is Cn1ccc2c(C(=O)N3CCO[C@@H](CN4CCCC4)[C@@H]3c3ccccc3)cccc21. The van der Waals surface area contributed by atoms with Gasteiger partial charge in [-0.3, -0.25) is 4.79 Å². The van der Waals surface area contributed by atoms with Gasteiger partial charge in [-0.15, -0.1) is 0 Å². The van der Waals surface area contributed by atoms with Gasteiger partial charge in [-0.05, 0) is 49.7 Å². The van der Waals surface area contributed by atoms with Crippen molar-refractivity contribution < 1.29 is 9.53 Å². The third-order valence-corrected chi connectivity index (χ3v) is 6.55. The van der Waals surface area contributed by atoms with Gasteiger partial charge in [-0.25, -0.2) is 0 Å². The van der Waals surface area contributed by atoms with Crippen LogP contribution in [0.2, 0.25) is 0 Å². The second kappa shape index (κ2) is 8.25. The maximum Gasteiger partial charge on any atom is 0.255 e. The lowest BCUT2D eigenvalue weighted by Gasteiger charge is -2.43. The molecule has 2 aliphatic heterocycles. The molecular formula is C25H29N3O2. The molecule has 2 aromatic carbocycles. The van der Waals surface area contributed by atoms with E-state index in [0.717, 1.165) is 41.7 Å². The Morgan fingerprint density at radius 2 is 1.80 bits per heavy atom. The number of ether oxygens (including phenoxy) is 1. The van der Waals surface area contributed by atoms with Crippen LogP contribution in [0.15, 0.2) is 60.8 Å². The topological polar surface area (TPSA) is 37.7 Å². The maximum absolute atomic E-state index is 13.8. The Hall–Kier alpha value is -2.63. The highest BCUT2D eigenvalue weighted by Gasteiger charge is 2.38. The van der Waals surface area contributed by atoms with Crippen LogP contribution in [0.25, 0.3) is 10.9 Å². The number of carbonyl (C=O) groups excluding carboxylic acids is 1. The zero-order chi connectivity index (χ0) is 20.5. The molecular weight excluding hydrogens is 374 g/mol. The van der Waals surface area contributed by atoms with Crippen LogP contribution in [0, 0.1) is 0 Å². The predicted molar refractivity (Wildman–Crippen MR) is 119 cm³/mol. The van der Waals surface area contributed by atoms with Gasteiger partial charge in [0.1, 0.15) is 0 Å². The number of hydrogen-bond donors (Lipinski definition) is 0. The lowest BCUT2D eigenvalue weighted by atomic mass is 9.96. The minimum atomic E-state index is -0.0768. The number of morpholine rings is 1. The van der Waals surface area contributed by atoms with Crippen LogP contribution in [-0.2, 0) is 11.8 Å². The number of carbonyl (C=O) groups is 1. The summed E-state index contributed by atoms with van der Waals surface area (Å²) < 4.78 is 8.34. The van der Waals surface area contributed by atoms with Gasteiger partial charge in [-0.2, -0.15) is 0 Å². The van der Waals surface area contributed by atoms with E-state index >= 15 is 0 Å². The molecule has 3 aromatic rings. The fourth-order valence-electron chi connectivity index (χ4n) is 5.02. The highest BCUT2D eigenvalue weighted by atomic mass is 16.5. The first-order valence-corrected chi connectivity index (χ1v) is 11.0. The molecule has 0 bridgehead atoms. The molecule has 0 radical (unpaired) electrons. The van der Waals surface area contributed by atoms with E-state index in [1.807, 2.05) is 42.4 Å². The number of hydrogen-bond acceptors (Lipinski definition) is 3. The van der Waals surface area contributed by atoms with Crippen LogP contribution in [0.3, 0.4) is 0 Å². The van der Waals surface area contributed by atoms with Gasteiger partial charge in [0.15, 0.2) is 0 Å². The number of likely N-dealkylation sites (tertiary alicyclic amines) is 1. The van der Waals surface area contributed by atoms with E-state index in [-0.39, 0.29) is 18.1 Å². The average molecular weight is 404 g/mol. The van der Waals surface area contributed by atoms with Crippen molar-refractivity contribution in [2.75, 3.05) is 32.8 Å². The zero-order valence-electron chi connectivity index (χ0n) is 17.5. The number of fused-ring (bicyclic) bond motifs is 1. The van der Waals surface area contributed by atoms with Crippen molar-refractivity contribution in [1.82, 2.24) is 14.4 Å². The number of aryl methyl sites for hydroxylation is 1. The van der Waals surface area contributed by atoms with Crippen molar-refractivity contribution in [2.45, 2.75) is 25.0 Å². The first-order valence-electron chi connectivity index (χ1n) is 11.0. The highest BCUT2D eigenvalue weighted by Crippen LogP contribution is 2.33. The molecule has 1 amide bonds. The molecule has 2 atom stereocenters. The summed E-state index contributed by atoms with van der Waals surface area (Å²) in [7, 11) is 2.02. The molecule has 5 nitrogen and oxygen atoms in total. The van der Waals surface area contributed by atoms with Crippen LogP contribution in [0.1, 0.15) is 34.8 Å². The molecule has 0 aliphatic carbocycles. The van der Waals surface area contributed by atoms with Gasteiger partial charge < -0.3 is 19.1 Å². The predicted octanol–water partition coefficient (Wildman–Crippen LogP) is 3.86. The Morgan fingerprint density at radius 3 is 2.60 bits per heavy atom. The zero-order valence-corrected chi connectivity index (χ0v) is 17.5. The molecule has 5 rings (SSSR count). The second-order valence-electron chi connectivity index (χ2n) is 8.44. The molecule has 5 heteroatoms. The third-order valence-electron chi connectivity index (χ3n) is 6.55. The van der Waals surface area contributed by atoms with Crippen LogP contribution in [-0.4, -0.2) is 59.2 Å². The van der Waals surface area contributed by atoms with Gasteiger partial charge in [0.05, 0.1) is 18.8 Å². The van der Waals surface area contributed by atoms with E-state index < -0.39 is 0 Å². The van der Waals surface area contributed by atoms with E-state index in [0.29, 0.717) is 13.2 Å². The molecule has 3 heterocycles. The number of nitrogens with zero attached hydrogens (tertiary/aromatic N) is 3. The van der Waals surface area contributed by atoms with Crippen molar-refractivity contribution >= 4 is 16.8 Å². The molecule has 2 fully saturated rings. The summed E-state index contributed by atoms with van der Waals surface area (Å²) in [5.74, 6) is 0.0929. The normalized spacial score (nSPS) is 22.6. The molecule has 0 unspecified atom stereocenters. The standard InChI is InChI=1S/C25H29N3O2/c1-26-15-12-20-21(10-7-11-22(20)26)25(29)28-16-17-30-23(18-27-13-5-6-14-27)24(28)19-8-3-2-4-9-19/h2-4,7-12,15,23-24H,5-6,13-14,16-18H2,1H3/t23-,24-/m0/s1. The van der Waals surface area contributed by atoms with Gasteiger partial charge in [0.2, 0.25) is 0 Å². The molecule has 2 aliphatic rings. The minimum absolute atomic E-state index is 0.0156. The van der Waals surface area contributed by atoms with E-state index in [1.54, 1.807) is 0 Å². The molecule has 0 spiro atoms. The Kier molecular flexibility index (Phi) is 5.32. The quantitative estimate of drug-likeness (QED) is 0.664. The van der Waals surface area contributed by atoms with Gasteiger partial charge in [0, 0.05) is 42.8 Å². The van der Waals surface area contributed by atoms with Gasteiger partial charge in [-0.1, -0.05) is 36.4 Å². The van der Waals surface area contributed by atoms with Crippen LogP contribution in [0.5, 0.6) is 0 Å². The minimum Gasteiger partial charge on any atom is -0.373 e. The molecule has 156 valence electrons. The van der Waals surface area contributed by atoms with E-state index in [9.17, 15) is 4.79 Å². The first-order chi connectivity index (χ1) is 14.7. The fraction of sp³-hybridized carbons (Fsp3) is 0.400. The molecule has 0 saturated carbocycles. The summed E-state index contributed by atoms with van der Waals surface area (Å²) >= 11 is 0. The summed E-state index contributed by atoms with van der Waals surface area (Å²) in [5, 5.41) is 1.01. The Balaban J connectivity index is 1.51. The number of rotatable bonds is 4. The smallest absolute Gasteiger partial charge is 0.255 e. The van der Waals surface area contributed by atoms with Crippen molar-refractivity contribution in [3.8, 4) is 0 Å². The molecule has 0 N–H and O–H groups in total. The lowest BCUT2D eigenvalue weighted by molar-refractivity contribution is -0.0706. The average Bonchev–Trinajstić information content (AvgIpc) is 3.43. The number of benzene rings is 2. The van der Waals surface area contributed by atoms with Crippen molar-refractivity contribution in [3.05, 3.63) is 71.9 Å². The third kappa shape index (κ3) is 3.53. The highest BCUT2D eigenvalue weighted by molar-refractivity contribution is 6.06. The summed E-state index contributed by atoms with van der Waals surface area (Å²) in [6, 6.07) is 18.4. The van der Waals surface area contributed by atoms with E-state index in [4.69, 9.17) is 4.74 Å². The maximum atomic E-state index is 13.8. The molecule has 1 aromatic heterocycles. The largest absolute Gasteiger partial charge is 0.373 e. The van der Waals surface area contributed by atoms with E-state index in [2.05, 4.69) is 39.8 Å². The summed E-state index contributed by atoms with van der Waals surface area (Å²) in [6.07, 6.45) is 4.51. The van der Waals surface area contributed by atoms with Crippen molar-refractivity contribution in [2.24, 2.45) is 7.05 Å². The second-order valence-corrected chi connectivity index (χ2v) is 8.44. The molecule has 30 heavy (non-hydrogen) atoms. The van der Waals surface area contributed by atoms with Crippen molar-refractivity contribution in [1.29, 1.82) is 0 Å². The Morgan fingerprint density at radius 1 is 1.00 bits per heavy atom. The summed E-state index contributed by atoms with van der Waals surface area (Å²) in [6.45, 7) is 4.31. The van der Waals surface area contributed by atoms with E-state index in [1.165, 1.54) is 12.8 Å². The first kappa shape index (κ1) is 19.3.